The van der Waals surface area contributed by atoms with Crippen molar-refractivity contribution in [2.75, 3.05) is 19.6 Å². The van der Waals surface area contributed by atoms with Crippen molar-refractivity contribution >= 4 is 17.9 Å². The summed E-state index contributed by atoms with van der Waals surface area (Å²) >= 11 is 0. The second-order valence-corrected chi connectivity index (χ2v) is 10.4. The van der Waals surface area contributed by atoms with E-state index in [0.717, 1.165) is 25.9 Å². The number of nitrogens with one attached hydrogen (secondary N) is 1. The number of carbonyl (C=O) groups is 3. The Hall–Kier alpha value is -1.67. The molecule has 2 heterocycles. The van der Waals surface area contributed by atoms with Gasteiger partial charge < -0.3 is 24.2 Å². The molecule has 0 aromatic heterocycles. The van der Waals surface area contributed by atoms with Crippen LogP contribution in [0.5, 0.6) is 0 Å². The maximum absolute atomic E-state index is 13.0. The highest BCUT2D eigenvalue weighted by Crippen LogP contribution is 2.58. The maximum atomic E-state index is 13.0. The molecule has 0 spiro atoms. The first-order valence-electron chi connectivity index (χ1n) is 11.7. The molecule has 8 heteroatoms. The van der Waals surface area contributed by atoms with Crippen LogP contribution in [0, 0.1) is 29.1 Å². The standard InChI is InChI=1S/C23H35NO7/c1-12-9-16-19(15(22(28)31-16)11-24-7-5-6-8-24)21(30-14(3)26)23(4)18(27)10-17(20(12)23)29-13(2)25/h12,15-21,27H,5-11H2,1-4H3/p+1/t12-,15-,16-,17+,18+,19-,20-,21+,23+/m0/s1. The van der Waals surface area contributed by atoms with Crippen LogP contribution in [0.2, 0.25) is 0 Å². The molecule has 2 saturated heterocycles. The van der Waals surface area contributed by atoms with E-state index in [9.17, 15) is 19.5 Å². The van der Waals surface area contributed by atoms with E-state index in [-0.39, 0.29) is 41.7 Å². The van der Waals surface area contributed by atoms with Crippen molar-refractivity contribution in [1.29, 1.82) is 0 Å². The molecule has 31 heavy (non-hydrogen) atoms. The van der Waals surface area contributed by atoms with Gasteiger partial charge in [-0.25, -0.2) is 0 Å². The Kier molecular flexibility index (Phi) is 6.07. The predicted molar refractivity (Wildman–Crippen MR) is 109 cm³/mol. The van der Waals surface area contributed by atoms with Crippen molar-refractivity contribution in [1.82, 2.24) is 0 Å². The molecule has 0 aromatic rings. The highest BCUT2D eigenvalue weighted by atomic mass is 16.6. The summed E-state index contributed by atoms with van der Waals surface area (Å²) in [6.07, 6.45) is 0.883. The van der Waals surface area contributed by atoms with Crippen LogP contribution in [0.15, 0.2) is 0 Å². The predicted octanol–water partition coefficient (Wildman–Crippen LogP) is 0.113. The van der Waals surface area contributed by atoms with E-state index in [1.54, 1.807) is 0 Å². The Labute approximate surface area is 183 Å². The summed E-state index contributed by atoms with van der Waals surface area (Å²) in [6.45, 7) is 9.46. The zero-order valence-electron chi connectivity index (χ0n) is 19.0. The first-order chi connectivity index (χ1) is 14.6. The largest absolute Gasteiger partial charge is 0.462 e. The Morgan fingerprint density at radius 1 is 1.16 bits per heavy atom. The molecule has 4 rings (SSSR count). The van der Waals surface area contributed by atoms with Crippen molar-refractivity contribution in [2.45, 2.75) is 77.8 Å². The number of fused-ring (bicyclic) bond motifs is 2. The molecule has 8 nitrogen and oxygen atoms in total. The molecular formula is C23H36NO7+. The monoisotopic (exact) mass is 438 g/mol. The number of likely N-dealkylation sites (tertiary alicyclic amines) is 1. The lowest BCUT2D eigenvalue weighted by atomic mass is 9.66. The zero-order valence-corrected chi connectivity index (χ0v) is 19.0. The molecule has 0 amide bonds. The number of hydrogen-bond donors (Lipinski definition) is 2. The fourth-order valence-corrected chi connectivity index (χ4v) is 7.20. The van der Waals surface area contributed by atoms with Gasteiger partial charge in [-0.05, 0) is 12.3 Å². The van der Waals surface area contributed by atoms with Crippen LogP contribution in [-0.4, -0.2) is 67.1 Å². The molecule has 174 valence electrons. The molecule has 0 bridgehead atoms. The smallest absolute Gasteiger partial charge is 0.315 e. The van der Waals surface area contributed by atoms with Crippen LogP contribution in [0.25, 0.3) is 0 Å². The summed E-state index contributed by atoms with van der Waals surface area (Å²) in [5.74, 6) is -1.90. The van der Waals surface area contributed by atoms with Gasteiger partial charge in [-0.1, -0.05) is 13.8 Å². The number of esters is 3. The fraction of sp³-hybridized carbons (Fsp3) is 0.870. The Morgan fingerprint density at radius 3 is 2.42 bits per heavy atom. The molecule has 4 fully saturated rings. The summed E-state index contributed by atoms with van der Waals surface area (Å²) in [7, 11) is 0. The summed E-state index contributed by atoms with van der Waals surface area (Å²) in [5, 5.41) is 11.2. The van der Waals surface area contributed by atoms with E-state index in [4.69, 9.17) is 14.2 Å². The number of quaternary nitrogens is 1. The SMILES string of the molecule is CC(=O)O[C@@H]1[C@@H]2[C@H](C[C@H](C)[C@H]3[C@H](OC(C)=O)C[C@@H](O)[C@]31C)OC(=O)[C@H]2C[NH+]1CCCC1. The minimum Gasteiger partial charge on any atom is -0.462 e. The van der Waals surface area contributed by atoms with E-state index in [1.165, 1.54) is 18.7 Å². The second-order valence-electron chi connectivity index (χ2n) is 10.4. The maximum Gasteiger partial charge on any atom is 0.315 e. The van der Waals surface area contributed by atoms with Gasteiger partial charge in [0.1, 0.15) is 24.2 Å². The Bertz CT molecular complexity index is 735. The normalized spacial score (nSPS) is 44.9. The molecule has 9 atom stereocenters. The highest BCUT2D eigenvalue weighted by Gasteiger charge is 2.67. The molecule has 2 aliphatic carbocycles. The van der Waals surface area contributed by atoms with Gasteiger partial charge in [0, 0.05) is 44.4 Å². The number of hydrogen-bond acceptors (Lipinski definition) is 7. The zero-order chi connectivity index (χ0) is 22.5. The molecule has 4 aliphatic rings. The summed E-state index contributed by atoms with van der Waals surface area (Å²) < 4.78 is 17.4. The minimum atomic E-state index is -0.836. The van der Waals surface area contributed by atoms with Gasteiger partial charge >= 0.3 is 17.9 Å². The number of rotatable bonds is 4. The van der Waals surface area contributed by atoms with E-state index >= 15 is 0 Å². The van der Waals surface area contributed by atoms with Crippen molar-refractivity contribution in [3.63, 3.8) is 0 Å². The molecule has 0 radical (unpaired) electrons. The van der Waals surface area contributed by atoms with Gasteiger partial charge in [-0.3, -0.25) is 14.4 Å². The van der Waals surface area contributed by atoms with E-state index in [0.29, 0.717) is 19.4 Å². The quantitative estimate of drug-likeness (QED) is 0.474. The summed E-state index contributed by atoms with van der Waals surface area (Å²) in [6, 6.07) is 0. The van der Waals surface area contributed by atoms with Gasteiger partial charge in [0.15, 0.2) is 0 Å². The third-order valence-corrected chi connectivity index (χ3v) is 8.37. The highest BCUT2D eigenvalue weighted by molar-refractivity contribution is 5.76. The van der Waals surface area contributed by atoms with Crippen LogP contribution >= 0.6 is 0 Å². The van der Waals surface area contributed by atoms with Crippen LogP contribution in [0.4, 0.5) is 0 Å². The average Bonchev–Trinajstić information content (AvgIpc) is 3.31. The van der Waals surface area contributed by atoms with Crippen molar-refractivity contribution in [3.8, 4) is 0 Å². The van der Waals surface area contributed by atoms with Gasteiger partial charge in [-0.15, -0.1) is 0 Å². The molecule has 2 saturated carbocycles. The van der Waals surface area contributed by atoms with Gasteiger partial charge in [0.25, 0.3) is 0 Å². The van der Waals surface area contributed by atoms with Crippen LogP contribution in [0.1, 0.15) is 53.4 Å². The fourth-order valence-electron chi connectivity index (χ4n) is 7.20. The van der Waals surface area contributed by atoms with Gasteiger partial charge in [0.05, 0.1) is 31.7 Å². The van der Waals surface area contributed by atoms with E-state index in [2.05, 4.69) is 6.92 Å². The molecule has 0 aromatic carbocycles. The molecular weight excluding hydrogens is 402 g/mol. The lowest BCUT2D eigenvalue weighted by Crippen LogP contribution is -3.11. The van der Waals surface area contributed by atoms with Crippen molar-refractivity contribution in [3.05, 3.63) is 0 Å². The van der Waals surface area contributed by atoms with Crippen LogP contribution in [-0.2, 0) is 28.6 Å². The van der Waals surface area contributed by atoms with Crippen LogP contribution < -0.4 is 4.90 Å². The Balaban J connectivity index is 1.74. The molecule has 2 N–H and O–H groups in total. The number of aliphatic hydroxyl groups excluding tert-OH is 1. The minimum absolute atomic E-state index is 0.0187. The molecule has 2 aliphatic heterocycles. The third-order valence-electron chi connectivity index (χ3n) is 8.37. The molecule has 0 unspecified atom stereocenters. The lowest BCUT2D eigenvalue weighted by molar-refractivity contribution is -0.890. The van der Waals surface area contributed by atoms with Gasteiger partial charge in [-0.2, -0.15) is 0 Å². The number of carbonyl (C=O) groups excluding carboxylic acids is 3. The van der Waals surface area contributed by atoms with Crippen LogP contribution in [0.3, 0.4) is 0 Å². The second kappa shape index (κ2) is 8.35. The first-order valence-corrected chi connectivity index (χ1v) is 11.7. The van der Waals surface area contributed by atoms with Gasteiger partial charge in [0.2, 0.25) is 0 Å². The van der Waals surface area contributed by atoms with E-state index < -0.39 is 29.7 Å². The first kappa shape index (κ1) is 22.5. The summed E-state index contributed by atoms with van der Waals surface area (Å²) in [4.78, 5) is 38.3. The summed E-state index contributed by atoms with van der Waals surface area (Å²) in [5.41, 5.74) is -0.836. The topological polar surface area (TPSA) is 104 Å². The lowest BCUT2D eigenvalue weighted by Gasteiger charge is -2.44. The average molecular weight is 439 g/mol. The Morgan fingerprint density at radius 2 is 1.81 bits per heavy atom. The van der Waals surface area contributed by atoms with E-state index in [1.807, 2.05) is 6.92 Å². The number of ether oxygens (including phenoxy) is 3. The van der Waals surface area contributed by atoms with Crippen molar-refractivity contribution in [2.24, 2.45) is 29.1 Å². The third kappa shape index (κ3) is 3.86. The van der Waals surface area contributed by atoms with Crippen molar-refractivity contribution < 1.29 is 38.6 Å². The number of aliphatic hydroxyl groups is 1.